The van der Waals surface area contributed by atoms with E-state index in [4.69, 9.17) is 0 Å². The van der Waals surface area contributed by atoms with Crippen LogP contribution in [-0.2, 0) is 0 Å². The van der Waals surface area contributed by atoms with Crippen molar-refractivity contribution >= 4 is 33.9 Å². The Balaban J connectivity index is 1.64. The number of para-hydroxylation sites is 1. The molecule has 7 heteroatoms. The zero-order valence-corrected chi connectivity index (χ0v) is 15.3. The Bertz CT molecular complexity index is 1040. The first-order chi connectivity index (χ1) is 13.6. The van der Waals surface area contributed by atoms with Crippen molar-refractivity contribution in [3.8, 4) is 0 Å². The maximum Gasteiger partial charge on any atom is 0.293 e. The van der Waals surface area contributed by atoms with Gasteiger partial charge in [-0.05, 0) is 43.5 Å². The number of nitrogens with zero attached hydrogens (tertiary/aromatic N) is 3. The van der Waals surface area contributed by atoms with E-state index in [1.807, 2.05) is 29.2 Å². The number of benzene rings is 2. The van der Waals surface area contributed by atoms with Crippen molar-refractivity contribution in [2.24, 2.45) is 0 Å². The minimum Gasteiger partial charge on any atom is -0.366 e. The van der Waals surface area contributed by atoms with Crippen LogP contribution in [0.4, 0.5) is 17.1 Å². The molecule has 1 aliphatic heterocycles. The number of nitro benzene ring substituents is 1. The molecule has 1 aromatic heterocycles. The van der Waals surface area contributed by atoms with Crippen LogP contribution >= 0.6 is 0 Å². The smallest absolute Gasteiger partial charge is 0.293 e. The van der Waals surface area contributed by atoms with Gasteiger partial charge in [-0.2, -0.15) is 0 Å². The number of fused-ring (bicyclic) bond motifs is 1. The highest BCUT2D eigenvalue weighted by atomic mass is 16.6. The molecule has 1 aliphatic rings. The number of rotatable bonds is 4. The number of pyridine rings is 1. The quantitative estimate of drug-likeness (QED) is 0.539. The van der Waals surface area contributed by atoms with Gasteiger partial charge in [-0.15, -0.1) is 0 Å². The zero-order chi connectivity index (χ0) is 19.5. The van der Waals surface area contributed by atoms with Crippen molar-refractivity contribution in [2.45, 2.75) is 19.3 Å². The largest absolute Gasteiger partial charge is 0.366 e. The van der Waals surface area contributed by atoms with Crippen LogP contribution in [0.1, 0.15) is 29.6 Å². The molecule has 2 heterocycles. The monoisotopic (exact) mass is 376 g/mol. The number of carbonyl (C=O) groups excluding carboxylic acids is 1. The van der Waals surface area contributed by atoms with E-state index in [1.165, 1.54) is 6.07 Å². The lowest BCUT2D eigenvalue weighted by atomic mass is 10.1. The molecule has 0 unspecified atom stereocenters. The molecule has 0 radical (unpaired) electrons. The van der Waals surface area contributed by atoms with E-state index in [0.717, 1.165) is 37.7 Å². The Morgan fingerprint density at radius 1 is 1.07 bits per heavy atom. The Morgan fingerprint density at radius 3 is 2.64 bits per heavy atom. The zero-order valence-electron chi connectivity index (χ0n) is 15.3. The molecule has 1 N–H and O–H groups in total. The van der Waals surface area contributed by atoms with Crippen LogP contribution in [0.5, 0.6) is 0 Å². The van der Waals surface area contributed by atoms with Gasteiger partial charge in [-0.3, -0.25) is 19.9 Å². The second-order valence-corrected chi connectivity index (χ2v) is 6.84. The lowest BCUT2D eigenvalue weighted by molar-refractivity contribution is -0.384. The average molecular weight is 376 g/mol. The van der Waals surface area contributed by atoms with Crippen molar-refractivity contribution < 1.29 is 9.72 Å². The van der Waals surface area contributed by atoms with Gasteiger partial charge in [0.2, 0.25) is 0 Å². The molecule has 142 valence electrons. The summed E-state index contributed by atoms with van der Waals surface area (Å²) in [5, 5.41) is 15.3. The highest BCUT2D eigenvalue weighted by Gasteiger charge is 2.23. The molecule has 2 aromatic carbocycles. The molecule has 0 atom stereocenters. The number of nitro groups is 1. The van der Waals surface area contributed by atoms with E-state index >= 15 is 0 Å². The Kier molecular flexibility index (Phi) is 4.89. The summed E-state index contributed by atoms with van der Waals surface area (Å²) >= 11 is 0. The number of anilines is 2. The van der Waals surface area contributed by atoms with Crippen molar-refractivity contribution in [1.82, 2.24) is 4.98 Å². The van der Waals surface area contributed by atoms with E-state index < -0.39 is 10.8 Å². The molecular weight excluding hydrogens is 356 g/mol. The molecule has 0 saturated carbocycles. The van der Waals surface area contributed by atoms with E-state index in [1.54, 1.807) is 24.4 Å². The molecule has 3 aromatic rings. The standard InChI is InChI=1S/C21H20N4O3/c26-21(23-17-8-4-6-15-7-5-11-22-20(15)17)16-9-10-18(19(14-16)25(27)28)24-12-2-1-3-13-24/h4-11,14H,1-3,12-13H2,(H,23,26). The van der Waals surface area contributed by atoms with Crippen molar-refractivity contribution in [3.05, 3.63) is 70.4 Å². The van der Waals surface area contributed by atoms with E-state index in [2.05, 4.69) is 10.3 Å². The molecule has 7 nitrogen and oxygen atoms in total. The molecule has 1 amide bonds. The van der Waals surface area contributed by atoms with Gasteiger partial charge < -0.3 is 10.2 Å². The normalized spacial score (nSPS) is 14.1. The third-order valence-electron chi connectivity index (χ3n) is 5.01. The number of amides is 1. The second-order valence-electron chi connectivity index (χ2n) is 6.84. The number of hydrogen-bond acceptors (Lipinski definition) is 5. The minimum atomic E-state index is -0.416. The lowest BCUT2D eigenvalue weighted by Crippen LogP contribution is -2.30. The maximum atomic E-state index is 12.7. The van der Waals surface area contributed by atoms with Gasteiger partial charge in [0.1, 0.15) is 5.69 Å². The van der Waals surface area contributed by atoms with Crippen LogP contribution in [0.3, 0.4) is 0 Å². The van der Waals surface area contributed by atoms with Gasteiger partial charge in [0.25, 0.3) is 11.6 Å². The number of piperidine rings is 1. The predicted molar refractivity (Wildman–Crippen MR) is 109 cm³/mol. The summed E-state index contributed by atoms with van der Waals surface area (Å²) < 4.78 is 0. The van der Waals surface area contributed by atoms with Crippen molar-refractivity contribution in [1.29, 1.82) is 0 Å². The Labute approximate surface area is 162 Å². The van der Waals surface area contributed by atoms with Crippen LogP contribution in [0.25, 0.3) is 10.9 Å². The lowest BCUT2D eigenvalue weighted by Gasteiger charge is -2.28. The molecule has 1 saturated heterocycles. The van der Waals surface area contributed by atoms with E-state index in [0.29, 0.717) is 16.9 Å². The first-order valence-corrected chi connectivity index (χ1v) is 9.32. The van der Waals surface area contributed by atoms with Gasteiger partial charge in [-0.1, -0.05) is 18.2 Å². The molecule has 28 heavy (non-hydrogen) atoms. The van der Waals surface area contributed by atoms with Crippen LogP contribution < -0.4 is 10.2 Å². The van der Waals surface area contributed by atoms with Gasteiger partial charge in [0.05, 0.1) is 16.1 Å². The third kappa shape index (κ3) is 3.51. The van der Waals surface area contributed by atoms with Gasteiger partial charge in [0.15, 0.2) is 0 Å². The van der Waals surface area contributed by atoms with Crippen LogP contribution in [-0.4, -0.2) is 28.9 Å². The summed E-state index contributed by atoms with van der Waals surface area (Å²) in [6.07, 6.45) is 4.85. The minimum absolute atomic E-state index is 0.0365. The van der Waals surface area contributed by atoms with Gasteiger partial charge >= 0.3 is 0 Å². The number of hydrogen-bond donors (Lipinski definition) is 1. The fourth-order valence-electron chi connectivity index (χ4n) is 3.61. The highest BCUT2D eigenvalue weighted by molar-refractivity contribution is 6.08. The summed E-state index contributed by atoms with van der Waals surface area (Å²) in [6.45, 7) is 1.60. The van der Waals surface area contributed by atoms with E-state index in [-0.39, 0.29) is 11.3 Å². The van der Waals surface area contributed by atoms with Crippen LogP contribution in [0.2, 0.25) is 0 Å². The number of carbonyl (C=O) groups is 1. The van der Waals surface area contributed by atoms with Crippen molar-refractivity contribution in [3.63, 3.8) is 0 Å². The molecule has 4 rings (SSSR count). The second kappa shape index (κ2) is 7.64. The maximum absolute atomic E-state index is 12.7. The van der Waals surface area contributed by atoms with Crippen LogP contribution in [0.15, 0.2) is 54.7 Å². The Hall–Kier alpha value is -3.48. The summed E-state index contributed by atoms with van der Waals surface area (Å²) in [5.74, 6) is -0.397. The SMILES string of the molecule is O=C(Nc1cccc2cccnc12)c1ccc(N2CCCCC2)c([N+](=O)[O-])c1. The Morgan fingerprint density at radius 2 is 1.86 bits per heavy atom. The molecule has 0 bridgehead atoms. The molecule has 0 spiro atoms. The highest BCUT2D eigenvalue weighted by Crippen LogP contribution is 2.32. The molecule has 0 aliphatic carbocycles. The topological polar surface area (TPSA) is 88.4 Å². The van der Waals surface area contributed by atoms with Gasteiger partial charge in [-0.25, -0.2) is 0 Å². The summed E-state index contributed by atoms with van der Waals surface area (Å²) in [6, 6.07) is 13.9. The number of nitrogens with one attached hydrogen (secondary N) is 1. The molecular formula is C21H20N4O3. The first-order valence-electron chi connectivity index (χ1n) is 9.32. The summed E-state index contributed by atoms with van der Waals surface area (Å²) in [4.78, 5) is 30.3. The first kappa shape index (κ1) is 17.9. The van der Waals surface area contributed by atoms with Crippen LogP contribution in [0, 0.1) is 10.1 Å². The summed E-state index contributed by atoms with van der Waals surface area (Å²) in [5.41, 5.74) is 2.04. The fourth-order valence-corrected chi connectivity index (χ4v) is 3.61. The van der Waals surface area contributed by atoms with Gasteiger partial charge in [0, 0.05) is 36.3 Å². The average Bonchev–Trinajstić information content (AvgIpc) is 2.74. The third-order valence-corrected chi connectivity index (χ3v) is 5.01. The predicted octanol–water partition coefficient (Wildman–Crippen LogP) is 4.39. The molecule has 1 fully saturated rings. The van der Waals surface area contributed by atoms with Crippen molar-refractivity contribution in [2.75, 3.05) is 23.3 Å². The van der Waals surface area contributed by atoms with E-state index in [9.17, 15) is 14.9 Å². The number of aromatic nitrogens is 1. The fraction of sp³-hybridized carbons (Fsp3) is 0.238. The summed E-state index contributed by atoms with van der Waals surface area (Å²) in [7, 11) is 0.